The van der Waals surface area contributed by atoms with Gasteiger partial charge in [-0.15, -0.1) is 0 Å². The van der Waals surface area contributed by atoms with Crippen LogP contribution in [-0.2, 0) is 9.53 Å². The Labute approximate surface area is 149 Å². The summed E-state index contributed by atoms with van der Waals surface area (Å²) in [6, 6.07) is 5.80. The van der Waals surface area contributed by atoms with Gasteiger partial charge in [-0.25, -0.2) is 4.79 Å². The molecular formula is C19H28N2O4. The van der Waals surface area contributed by atoms with Crippen LogP contribution < -0.4 is 4.74 Å². The van der Waals surface area contributed by atoms with Gasteiger partial charge in [0.25, 0.3) is 5.91 Å². The topological polar surface area (TPSA) is 59.1 Å². The van der Waals surface area contributed by atoms with E-state index >= 15 is 0 Å². The number of carbonyl (C=O) groups is 2. The second-order valence-corrected chi connectivity index (χ2v) is 6.37. The Morgan fingerprint density at radius 1 is 1.04 bits per heavy atom. The Morgan fingerprint density at radius 2 is 1.72 bits per heavy atom. The molecule has 0 aliphatic carbocycles. The number of piperazine rings is 1. The van der Waals surface area contributed by atoms with Crippen LogP contribution in [0.5, 0.6) is 5.75 Å². The van der Waals surface area contributed by atoms with Crippen LogP contribution in [0.1, 0.15) is 30.9 Å². The quantitative estimate of drug-likeness (QED) is 0.742. The van der Waals surface area contributed by atoms with E-state index in [-0.39, 0.29) is 18.6 Å². The number of unbranched alkanes of at least 4 members (excludes halogenated alkanes) is 1. The SMILES string of the molecule is CCCCOC(=O)N1CCN(C(=O)COc2ccc(C)c(C)c2)CC1. The molecule has 0 spiro atoms. The van der Waals surface area contributed by atoms with Gasteiger partial charge in [-0.1, -0.05) is 19.4 Å². The normalized spacial score (nSPS) is 14.4. The van der Waals surface area contributed by atoms with Gasteiger partial charge in [0.2, 0.25) is 0 Å². The van der Waals surface area contributed by atoms with Gasteiger partial charge < -0.3 is 19.3 Å². The van der Waals surface area contributed by atoms with E-state index in [0.29, 0.717) is 38.5 Å². The van der Waals surface area contributed by atoms with Gasteiger partial charge in [0.15, 0.2) is 6.61 Å². The zero-order valence-electron chi connectivity index (χ0n) is 15.4. The number of carbonyl (C=O) groups excluding carboxylic acids is 2. The fourth-order valence-electron chi connectivity index (χ4n) is 2.57. The van der Waals surface area contributed by atoms with E-state index in [9.17, 15) is 9.59 Å². The van der Waals surface area contributed by atoms with E-state index in [1.807, 2.05) is 32.0 Å². The molecule has 1 aromatic rings. The van der Waals surface area contributed by atoms with Crippen LogP contribution in [0.3, 0.4) is 0 Å². The second kappa shape index (κ2) is 9.30. The Bertz CT molecular complexity index is 595. The molecule has 0 bridgehead atoms. The van der Waals surface area contributed by atoms with Crippen LogP contribution >= 0.6 is 0 Å². The molecule has 25 heavy (non-hydrogen) atoms. The lowest BCUT2D eigenvalue weighted by molar-refractivity contribution is -0.134. The highest BCUT2D eigenvalue weighted by Crippen LogP contribution is 2.16. The number of rotatable bonds is 6. The Kier molecular flexibility index (Phi) is 7.10. The van der Waals surface area contributed by atoms with Crippen molar-refractivity contribution in [2.45, 2.75) is 33.6 Å². The van der Waals surface area contributed by atoms with Crippen molar-refractivity contribution in [1.29, 1.82) is 0 Å². The molecule has 0 saturated carbocycles. The molecule has 1 aromatic carbocycles. The average Bonchev–Trinajstić information content (AvgIpc) is 2.62. The molecule has 138 valence electrons. The largest absolute Gasteiger partial charge is 0.484 e. The van der Waals surface area contributed by atoms with Crippen molar-refractivity contribution in [3.8, 4) is 5.75 Å². The molecule has 1 aliphatic heterocycles. The summed E-state index contributed by atoms with van der Waals surface area (Å²) in [5.74, 6) is 0.645. The summed E-state index contributed by atoms with van der Waals surface area (Å²) in [6.07, 6.45) is 1.59. The number of aryl methyl sites for hydroxylation is 2. The third-order valence-corrected chi connectivity index (χ3v) is 4.45. The fraction of sp³-hybridized carbons (Fsp3) is 0.579. The second-order valence-electron chi connectivity index (χ2n) is 6.37. The first-order valence-corrected chi connectivity index (χ1v) is 8.90. The first-order chi connectivity index (χ1) is 12.0. The van der Waals surface area contributed by atoms with Crippen LogP contribution in [0.15, 0.2) is 18.2 Å². The lowest BCUT2D eigenvalue weighted by atomic mass is 10.1. The number of hydrogen-bond acceptors (Lipinski definition) is 4. The van der Waals surface area contributed by atoms with Crippen molar-refractivity contribution >= 4 is 12.0 Å². The fourth-order valence-corrected chi connectivity index (χ4v) is 2.57. The van der Waals surface area contributed by atoms with Gasteiger partial charge in [-0.05, 0) is 43.5 Å². The molecule has 0 N–H and O–H groups in total. The number of hydrogen-bond donors (Lipinski definition) is 0. The number of nitrogens with zero attached hydrogens (tertiary/aromatic N) is 2. The summed E-state index contributed by atoms with van der Waals surface area (Å²) in [7, 11) is 0. The van der Waals surface area contributed by atoms with Gasteiger partial charge in [0.05, 0.1) is 6.61 Å². The smallest absolute Gasteiger partial charge is 0.409 e. The molecule has 1 fully saturated rings. The summed E-state index contributed by atoms with van der Waals surface area (Å²) >= 11 is 0. The van der Waals surface area contributed by atoms with Crippen molar-refractivity contribution in [2.24, 2.45) is 0 Å². The summed E-state index contributed by atoms with van der Waals surface area (Å²) in [6.45, 7) is 8.61. The first-order valence-electron chi connectivity index (χ1n) is 8.90. The third-order valence-electron chi connectivity index (χ3n) is 4.45. The molecule has 6 heteroatoms. The van der Waals surface area contributed by atoms with Crippen molar-refractivity contribution in [3.05, 3.63) is 29.3 Å². The minimum absolute atomic E-state index is 0.0173. The summed E-state index contributed by atoms with van der Waals surface area (Å²) in [4.78, 5) is 27.6. The summed E-state index contributed by atoms with van der Waals surface area (Å²) in [5.41, 5.74) is 2.33. The van der Waals surface area contributed by atoms with Crippen molar-refractivity contribution in [1.82, 2.24) is 9.80 Å². The van der Waals surface area contributed by atoms with Crippen LogP contribution in [0.25, 0.3) is 0 Å². The predicted molar refractivity (Wildman–Crippen MR) is 95.8 cm³/mol. The minimum atomic E-state index is -0.285. The standard InChI is InChI=1S/C19H28N2O4/c1-4-5-12-24-19(23)21-10-8-20(9-11-21)18(22)14-25-17-7-6-15(2)16(3)13-17/h6-7,13H,4-5,8-12,14H2,1-3H3. The summed E-state index contributed by atoms with van der Waals surface area (Å²) in [5, 5.41) is 0. The number of benzene rings is 1. The lowest BCUT2D eigenvalue weighted by Gasteiger charge is -2.34. The molecule has 0 radical (unpaired) electrons. The van der Waals surface area contributed by atoms with Crippen LogP contribution in [0, 0.1) is 13.8 Å². The highest BCUT2D eigenvalue weighted by Gasteiger charge is 2.25. The lowest BCUT2D eigenvalue weighted by Crippen LogP contribution is -2.51. The first kappa shape index (κ1) is 19.1. The van der Waals surface area contributed by atoms with Crippen molar-refractivity contribution in [3.63, 3.8) is 0 Å². The molecule has 1 aliphatic rings. The molecule has 0 unspecified atom stereocenters. The van der Waals surface area contributed by atoms with E-state index in [4.69, 9.17) is 9.47 Å². The molecule has 1 saturated heterocycles. The molecule has 0 aromatic heterocycles. The maximum absolute atomic E-state index is 12.3. The third kappa shape index (κ3) is 5.66. The van der Waals surface area contributed by atoms with E-state index in [2.05, 4.69) is 6.92 Å². The molecule has 1 heterocycles. The van der Waals surface area contributed by atoms with Crippen LogP contribution in [-0.4, -0.2) is 61.2 Å². The van der Waals surface area contributed by atoms with Gasteiger partial charge in [0, 0.05) is 26.2 Å². The van der Waals surface area contributed by atoms with Crippen molar-refractivity contribution < 1.29 is 19.1 Å². The van der Waals surface area contributed by atoms with E-state index in [1.54, 1.807) is 9.80 Å². The van der Waals surface area contributed by atoms with Gasteiger partial charge >= 0.3 is 6.09 Å². The maximum Gasteiger partial charge on any atom is 0.409 e. The molecule has 0 atom stereocenters. The Hall–Kier alpha value is -2.24. The summed E-state index contributed by atoms with van der Waals surface area (Å²) < 4.78 is 10.8. The minimum Gasteiger partial charge on any atom is -0.484 e. The van der Waals surface area contributed by atoms with E-state index in [1.165, 1.54) is 5.56 Å². The molecule has 2 rings (SSSR count). The Balaban J connectivity index is 1.73. The van der Waals surface area contributed by atoms with Gasteiger partial charge in [0.1, 0.15) is 5.75 Å². The van der Waals surface area contributed by atoms with Crippen LogP contribution in [0.4, 0.5) is 4.79 Å². The molecular weight excluding hydrogens is 320 g/mol. The average molecular weight is 348 g/mol. The number of ether oxygens (including phenoxy) is 2. The van der Waals surface area contributed by atoms with E-state index < -0.39 is 0 Å². The van der Waals surface area contributed by atoms with Crippen LogP contribution in [0.2, 0.25) is 0 Å². The van der Waals surface area contributed by atoms with Gasteiger partial charge in [-0.3, -0.25) is 4.79 Å². The Morgan fingerprint density at radius 3 is 2.36 bits per heavy atom. The van der Waals surface area contributed by atoms with Crippen molar-refractivity contribution in [2.75, 3.05) is 39.4 Å². The zero-order chi connectivity index (χ0) is 18.2. The number of amides is 2. The van der Waals surface area contributed by atoms with Gasteiger partial charge in [-0.2, -0.15) is 0 Å². The predicted octanol–water partition coefficient (Wildman–Crippen LogP) is 2.76. The highest BCUT2D eigenvalue weighted by molar-refractivity contribution is 5.78. The highest BCUT2D eigenvalue weighted by atomic mass is 16.6. The monoisotopic (exact) mass is 348 g/mol. The molecule has 6 nitrogen and oxygen atoms in total. The molecule has 2 amide bonds. The van der Waals surface area contributed by atoms with E-state index in [0.717, 1.165) is 18.4 Å². The zero-order valence-corrected chi connectivity index (χ0v) is 15.4. The maximum atomic E-state index is 12.3.